The number of nitrogens with one attached hydrogen (secondary N) is 5. The number of hydrogen-bond donors (Lipinski definition) is 8. The van der Waals surface area contributed by atoms with Gasteiger partial charge in [-0.15, -0.1) is 0 Å². The molecule has 3 rings (SSSR count). The van der Waals surface area contributed by atoms with E-state index < -0.39 is 97.9 Å². The maximum absolute atomic E-state index is 13.3. The van der Waals surface area contributed by atoms with E-state index in [1.54, 1.807) is 42.5 Å². The average molecular weight is 910 g/mol. The maximum Gasteiger partial charge on any atom is 0.326 e. The number of ether oxygens (including phenoxy) is 3. The number of carboxylic acid groups (broad SMARTS) is 3. The molecule has 0 fully saturated rings. The minimum absolute atomic E-state index is 0.0138. The molecule has 0 aromatic heterocycles. The molecule has 3 aromatic rings. The van der Waals surface area contributed by atoms with Crippen LogP contribution in [-0.2, 0) is 51.1 Å². The molecule has 0 bridgehead atoms. The van der Waals surface area contributed by atoms with Gasteiger partial charge in [-0.25, -0.2) is 14.0 Å². The third-order valence-electron chi connectivity index (χ3n) is 9.40. The molecule has 0 aliphatic heterocycles. The van der Waals surface area contributed by atoms with E-state index in [-0.39, 0.29) is 63.0 Å². The van der Waals surface area contributed by atoms with Gasteiger partial charge in [-0.2, -0.15) is 0 Å². The zero-order chi connectivity index (χ0) is 47.6. The molecule has 350 valence electrons. The fourth-order valence-corrected chi connectivity index (χ4v) is 6.09. The molecule has 0 radical (unpaired) electrons. The highest BCUT2D eigenvalue weighted by Crippen LogP contribution is 2.18. The Hall–Kier alpha value is -7.58. The lowest BCUT2D eigenvalue weighted by Crippen LogP contribution is -2.50. The zero-order valence-corrected chi connectivity index (χ0v) is 35.2. The third-order valence-corrected chi connectivity index (χ3v) is 9.40. The van der Waals surface area contributed by atoms with E-state index in [0.717, 1.165) is 5.56 Å². The number of rotatable bonds is 31. The number of urea groups is 1. The van der Waals surface area contributed by atoms with Gasteiger partial charge in [-0.3, -0.25) is 33.6 Å². The van der Waals surface area contributed by atoms with E-state index in [1.807, 2.05) is 0 Å². The van der Waals surface area contributed by atoms with Crippen LogP contribution in [0.15, 0.2) is 78.9 Å². The first-order valence-corrected chi connectivity index (χ1v) is 20.4. The number of alkyl halides is 1. The van der Waals surface area contributed by atoms with E-state index >= 15 is 0 Å². The Bertz CT molecular complexity index is 2060. The molecule has 5 amide bonds. The Labute approximate surface area is 372 Å². The lowest BCUT2D eigenvalue weighted by atomic mass is 9.94. The van der Waals surface area contributed by atoms with Gasteiger partial charge in [0.2, 0.25) is 5.91 Å². The van der Waals surface area contributed by atoms with Gasteiger partial charge in [0.05, 0.1) is 12.5 Å². The van der Waals surface area contributed by atoms with Gasteiger partial charge in [-0.1, -0.05) is 42.5 Å². The number of ketones is 1. The molecule has 0 aliphatic carbocycles. The Morgan fingerprint density at radius 2 is 1.35 bits per heavy atom. The summed E-state index contributed by atoms with van der Waals surface area (Å²) in [5, 5.41) is 40.2. The van der Waals surface area contributed by atoms with Crippen LogP contribution in [0.1, 0.15) is 60.0 Å². The molecule has 65 heavy (non-hydrogen) atoms. The number of halogens is 1. The van der Waals surface area contributed by atoms with Gasteiger partial charge in [0, 0.05) is 37.8 Å². The van der Waals surface area contributed by atoms with Crippen LogP contribution in [0.2, 0.25) is 0 Å². The first-order chi connectivity index (χ1) is 31.2. The Balaban J connectivity index is 1.47. The van der Waals surface area contributed by atoms with E-state index in [2.05, 4.69) is 26.6 Å². The Morgan fingerprint density at radius 3 is 1.98 bits per heavy atom. The molecule has 8 N–H and O–H groups in total. The highest BCUT2D eigenvalue weighted by Gasteiger charge is 2.25. The van der Waals surface area contributed by atoms with Crippen molar-refractivity contribution in [3.8, 4) is 11.5 Å². The molecule has 21 heteroatoms. The van der Waals surface area contributed by atoms with Crippen LogP contribution in [0.4, 0.5) is 9.18 Å². The molecule has 0 saturated carbocycles. The van der Waals surface area contributed by atoms with Crippen molar-refractivity contribution in [2.45, 2.75) is 69.7 Å². The lowest BCUT2D eigenvalue weighted by Gasteiger charge is -2.20. The summed E-state index contributed by atoms with van der Waals surface area (Å²) in [5.74, 6) is -6.54. The van der Waals surface area contributed by atoms with Gasteiger partial charge < -0.3 is 56.1 Å². The first kappa shape index (κ1) is 51.8. The molecular weight excluding hydrogens is 858 g/mol. The van der Waals surface area contributed by atoms with Crippen molar-refractivity contribution in [1.29, 1.82) is 0 Å². The van der Waals surface area contributed by atoms with Crippen LogP contribution in [0.5, 0.6) is 11.5 Å². The summed E-state index contributed by atoms with van der Waals surface area (Å²) in [7, 11) is 0. The highest BCUT2D eigenvalue weighted by atomic mass is 19.1. The fraction of sp³-hybridized carbons (Fsp3) is 0.386. The SMILES string of the molecule is O=CO[C@H](CCCCNC(=O)[C@H](Cc1ccccc1)NC(=O)COc1ccc(C[C@H](CC(=O)CNC(=O)c2ccc(OCCF)cc2)C(=O)O)cc1)NC(=O)N[C@@H](CCC(=O)O)C(=O)O. The van der Waals surface area contributed by atoms with E-state index in [9.17, 15) is 57.8 Å². The van der Waals surface area contributed by atoms with Crippen molar-refractivity contribution in [3.05, 3.63) is 95.6 Å². The standard InChI is InChI=1S/C44H52FN5O15/c45-19-21-63-33-15-11-30(12-16-33)40(56)47-25-32(52)24-31(42(58)59)22-29-9-13-34(14-10-29)64-26-37(53)48-36(23-28-6-2-1-3-7-28)41(57)46-20-5-4-8-38(65-27-51)50-44(62)49-35(43(60)61)17-18-39(54)55/h1-3,6-7,9-16,27,31,35-36,38H,4-5,8,17-26H2,(H,46,57)(H,47,56)(H,48,53)(H,54,55)(H,58,59)(H,60,61)(H2,49,50,62)/t31-,35+,36+,38-/m1/s1. The summed E-state index contributed by atoms with van der Waals surface area (Å²) in [6.45, 7) is -1.44. The van der Waals surface area contributed by atoms with E-state index in [4.69, 9.17) is 19.3 Å². The zero-order valence-electron chi connectivity index (χ0n) is 35.2. The summed E-state index contributed by atoms with van der Waals surface area (Å²) < 4.78 is 27.9. The van der Waals surface area contributed by atoms with Gasteiger partial charge in [-0.05, 0) is 73.2 Å². The topological polar surface area (TPSA) is 302 Å². The van der Waals surface area contributed by atoms with Crippen molar-refractivity contribution in [2.24, 2.45) is 5.92 Å². The van der Waals surface area contributed by atoms with Crippen molar-refractivity contribution < 1.29 is 77.1 Å². The fourth-order valence-electron chi connectivity index (χ4n) is 6.09. The smallest absolute Gasteiger partial charge is 0.326 e. The number of carbonyl (C=O) groups is 9. The summed E-state index contributed by atoms with van der Waals surface area (Å²) in [5.41, 5.74) is 1.55. The first-order valence-electron chi connectivity index (χ1n) is 20.4. The molecule has 20 nitrogen and oxygen atoms in total. The number of aliphatic carboxylic acids is 3. The molecule has 0 unspecified atom stereocenters. The number of hydrogen-bond acceptors (Lipinski definition) is 12. The van der Waals surface area contributed by atoms with Crippen molar-refractivity contribution in [3.63, 3.8) is 0 Å². The van der Waals surface area contributed by atoms with Crippen LogP contribution in [0.3, 0.4) is 0 Å². The van der Waals surface area contributed by atoms with Gasteiger partial charge in [0.25, 0.3) is 18.3 Å². The maximum atomic E-state index is 13.3. The number of amides is 5. The third kappa shape index (κ3) is 20.4. The number of Topliss-reactive ketones (excluding diaryl/α,β-unsaturated/α-hetero) is 1. The lowest BCUT2D eigenvalue weighted by molar-refractivity contribution is -0.143. The largest absolute Gasteiger partial charge is 0.491 e. The Kier molecular flexibility index (Phi) is 22.4. The molecule has 0 saturated heterocycles. The van der Waals surface area contributed by atoms with Crippen molar-refractivity contribution in [1.82, 2.24) is 26.6 Å². The van der Waals surface area contributed by atoms with Crippen molar-refractivity contribution >= 4 is 53.9 Å². The quantitative estimate of drug-likeness (QED) is 0.0261. The summed E-state index contributed by atoms with van der Waals surface area (Å²) in [6, 6.07) is 17.5. The second-order valence-electron chi connectivity index (χ2n) is 14.4. The normalized spacial score (nSPS) is 12.4. The van der Waals surface area contributed by atoms with Crippen LogP contribution >= 0.6 is 0 Å². The molecule has 0 spiro atoms. The molecular formula is C44H52FN5O15. The number of carbonyl (C=O) groups excluding carboxylic acids is 6. The molecule has 3 aromatic carbocycles. The monoisotopic (exact) mass is 909 g/mol. The second kappa shape index (κ2) is 28.2. The summed E-state index contributed by atoms with van der Waals surface area (Å²) in [6.07, 6.45) is -1.52. The van der Waals surface area contributed by atoms with Crippen LogP contribution in [0.25, 0.3) is 0 Å². The number of benzene rings is 3. The second-order valence-corrected chi connectivity index (χ2v) is 14.4. The number of unbranched alkanes of at least 4 members (excludes halogenated alkanes) is 1. The average Bonchev–Trinajstić information content (AvgIpc) is 3.28. The summed E-state index contributed by atoms with van der Waals surface area (Å²) >= 11 is 0. The molecule has 4 atom stereocenters. The molecule has 0 aliphatic rings. The van der Waals surface area contributed by atoms with E-state index in [1.165, 1.54) is 36.4 Å². The number of carboxylic acids is 3. The highest BCUT2D eigenvalue weighted by molar-refractivity contribution is 5.97. The van der Waals surface area contributed by atoms with Crippen LogP contribution in [0, 0.1) is 5.92 Å². The predicted molar refractivity (Wildman–Crippen MR) is 226 cm³/mol. The van der Waals surface area contributed by atoms with Gasteiger partial charge in [0.15, 0.2) is 18.6 Å². The van der Waals surface area contributed by atoms with E-state index in [0.29, 0.717) is 24.2 Å². The van der Waals surface area contributed by atoms with Crippen LogP contribution < -0.4 is 36.1 Å². The molecule has 0 heterocycles. The predicted octanol–water partition coefficient (Wildman–Crippen LogP) is 2.18. The summed E-state index contributed by atoms with van der Waals surface area (Å²) in [4.78, 5) is 109. The van der Waals surface area contributed by atoms with Crippen molar-refractivity contribution in [2.75, 3.05) is 33.0 Å². The minimum Gasteiger partial charge on any atom is -0.491 e. The van der Waals surface area contributed by atoms with Gasteiger partial charge in [0.1, 0.15) is 36.9 Å². The Morgan fingerprint density at radius 1 is 0.692 bits per heavy atom. The van der Waals surface area contributed by atoms with Crippen LogP contribution in [-0.4, -0.2) is 121 Å². The van der Waals surface area contributed by atoms with Gasteiger partial charge >= 0.3 is 23.9 Å². The minimum atomic E-state index is -1.50.